The Kier molecular flexibility index (Phi) is 5.86. The van der Waals surface area contributed by atoms with Gasteiger partial charge < -0.3 is 23.8 Å². The van der Waals surface area contributed by atoms with Gasteiger partial charge in [-0.1, -0.05) is 0 Å². The second kappa shape index (κ2) is 8.87. The maximum Gasteiger partial charge on any atom is 0.287 e. The Morgan fingerprint density at radius 3 is 2.38 bits per heavy atom. The standard InChI is InChI=1S/C22H25N3O4/c1-27-18-8-6-17(7-9-18)24-10-12-25(13-11-24)19(20-4-2-14-28-20)16-23-22(26)21-5-3-15-29-21/h2-9,14-15,19H,10-13,16H2,1H3,(H,23,26)/t19-/m1/s1. The van der Waals surface area contributed by atoms with E-state index in [0.29, 0.717) is 12.3 Å². The quantitative estimate of drug-likeness (QED) is 0.663. The van der Waals surface area contributed by atoms with Crippen molar-refractivity contribution in [3.05, 3.63) is 72.6 Å². The fourth-order valence-corrected chi connectivity index (χ4v) is 3.66. The van der Waals surface area contributed by atoms with E-state index in [0.717, 1.165) is 37.7 Å². The summed E-state index contributed by atoms with van der Waals surface area (Å²) in [5.41, 5.74) is 1.19. The highest BCUT2D eigenvalue weighted by Crippen LogP contribution is 2.25. The van der Waals surface area contributed by atoms with E-state index < -0.39 is 0 Å². The molecule has 0 radical (unpaired) electrons. The first-order valence-electron chi connectivity index (χ1n) is 9.73. The molecule has 1 saturated heterocycles. The molecule has 0 spiro atoms. The van der Waals surface area contributed by atoms with E-state index in [1.54, 1.807) is 25.5 Å². The van der Waals surface area contributed by atoms with Crippen LogP contribution < -0.4 is 15.0 Å². The highest BCUT2D eigenvalue weighted by atomic mass is 16.5. The molecule has 7 nitrogen and oxygen atoms in total. The summed E-state index contributed by atoms with van der Waals surface area (Å²) < 4.78 is 16.1. The molecule has 7 heteroatoms. The molecule has 1 aromatic carbocycles. The van der Waals surface area contributed by atoms with Gasteiger partial charge in [-0.2, -0.15) is 0 Å². The van der Waals surface area contributed by atoms with Gasteiger partial charge in [0, 0.05) is 38.4 Å². The topological polar surface area (TPSA) is 71.1 Å². The Morgan fingerprint density at radius 1 is 1.03 bits per heavy atom. The van der Waals surface area contributed by atoms with Crippen LogP contribution in [0.1, 0.15) is 22.4 Å². The van der Waals surface area contributed by atoms with E-state index in [4.69, 9.17) is 13.6 Å². The van der Waals surface area contributed by atoms with Gasteiger partial charge in [0.1, 0.15) is 11.5 Å². The number of carbonyl (C=O) groups is 1. The Balaban J connectivity index is 1.39. The molecule has 1 aliphatic heterocycles. The lowest BCUT2D eigenvalue weighted by Gasteiger charge is -2.39. The van der Waals surface area contributed by atoms with Gasteiger partial charge in [-0.05, 0) is 48.5 Å². The van der Waals surface area contributed by atoms with Crippen LogP contribution >= 0.6 is 0 Å². The number of nitrogens with one attached hydrogen (secondary N) is 1. The zero-order chi connectivity index (χ0) is 20.1. The summed E-state index contributed by atoms with van der Waals surface area (Å²) >= 11 is 0. The van der Waals surface area contributed by atoms with Crippen LogP contribution in [0.3, 0.4) is 0 Å². The predicted octanol–water partition coefficient (Wildman–Crippen LogP) is 3.17. The molecular formula is C22H25N3O4. The van der Waals surface area contributed by atoms with Crippen molar-refractivity contribution < 1.29 is 18.4 Å². The third-order valence-electron chi connectivity index (χ3n) is 5.27. The molecule has 1 N–H and O–H groups in total. The number of amides is 1. The molecule has 1 aliphatic rings. The normalized spacial score (nSPS) is 15.8. The van der Waals surface area contributed by atoms with Gasteiger partial charge in [0.05, 0.1) is 25.7 Å². The van der Waals surface area contributed by atoms with Crippen LogP contribution in [0.25, 0.3) is 0 Å². The van der Waals surface area contributed by atoms with Crippen molar-refractivity contribution in [2.75, 3.05) is 44.7 Å². The summed E-state index contributed by atoms with van der Waals surface area (Å²) in [6.45, 7) is 3.99. The van der Waals surface area contributed by atoms with Crippen molar-refractivity contribution in [3.63, 3.8) is 0 Å². The lowest BCUT2D eigenvalue weighted by atomic mass is 10.1. The summed E-state index contributed by atoms with van der Waals surface area (Å²) in [4.78, 5) is 17.0. The minimum atomic E-state index is -0.219. The average molecular weight is 395 g/mol. The van der Waals surface area contributed by atoms with Gasteiger partial charge in [-0.3, -0.25) is 9.69 Å². The van der Waals surface area contributed by atoms with E-state index in [1.807, 2.05) is 24.3 Å². The SMILES string of the molecule is COc1ccc(N2CCN([C@H](CNC(=O)c3ccco3)c3ccco3)CC2)cc1. The van der Waals surface area contributed by atoms with Gasteiger partial charge >= 0.3 is 0 Å². The number of benzene rings is 1. The fourth-order valence-electron chi connectivity index (χ4n) is 3.66. The molecule has 3 heterocycles. The number of furan rings is 2. The maximum absolute atomic E-state index is 12.3. The van der Waals surface area contributed by atoms with Crippen LogP contribution in [-0.2, 0) is 0 Å². The van der Waals surface area contributed by atoms with Crippen molar-refractivity contribution in [1.29, 1.82) is 0 Å². The third-order valence-corrected chi connectivity index (χ3v) is 5.27. The van der Waals surface area contributed by atoms with Gasteiger partial charge in [0.25, 0.3) is 5.91 Å². The molecule has 0 aliphatic carbocycles. The number of nitrogens with zero attached hydrogens (tertiary/aromatic N) is 2. The number of ether oxygens (including phenoxy) is 1. The summed E-state index contributed by atoms with van der Waals surface area (Å²) in [6.07, 6.45) is 3.17. The second-order valence-electron chi connectivity index (χ2n) is 6.94. The highest BCUT2D eigenvalue weighted by Gasteiger charge is 2.27. The molecule has 2 aromatic heterocycles. The summed E-state index contributed by atoms with van der Waals surface area (Å²) in [5, 5.41) is 2.96. The van der Waals surface area contributed by atoms with Crippen LogP contribution in [0.4, 0.5) is 5.69 Å². The van der Waals surface area contributed by atoms with Gasteiger partial charge in [-0.25, -0.2) is 0 Å². The Hall–Kier alpha value is -3.19. The van der Waals surface area contributed by atoms with Crippen LogP contribution in [0.2, 0.25) is 0 Å². The van der Waals surface area contributed by atoms with E-state index in [2.05, 4.69) is 27.2 Å². The van der Waals surface area contributed by atoms with Crippen molar-refractivity contribution in [2.24, 2.45) is 0 Å². The van der Waals surface area contributed by atoms with Crippen LogP contribution in [0.5, 0.6) is 5.75 Å². The fraction of sp³-hybridized carbons (Fsp3) is 0.318. The molecule has 1 atom stereocenters. The van der Waals surface area contributed by atoms with Gasteiger partial charge in [0.2, 0.25) is 0 Å². The molecule has 0 bridgehead atoms. The smallest absolute Gasteiger partial charge is 0.287 e. The molecular weight excluding hydrogens is 370 g/mol. The van der Waals surface area contributed by atoms with E-state index in [1.165, 1.54) is 12.0 Å². The molecule has 3 aromatic rings. The first-order valence-corrected chi connectivity index (χ1v) is 9.73. The summed E-state index contributed by atoms with van der Waals surface area (Å²) in [7, 11) is 1.67. The van der Waals surface area contributed by atoms with Crippen LogP contribution in [-0.4, -0.2) is 50.6 Å². The van der Waals surface area contributed by atoms with Crippen LogP contribution in [0.15, 0.2) is 69.9 Å². The van der Waals surface area contributed by atoms with Crippen molar-refractivity contribution in [1.82, 2.24) is 10.2 Å². The maximum atomic E-state index is 12.3. The Morgan fingerprint density at radius 2 is 1.76 bits per heavy atom. The number of methoxy groups -OCH3 is 1. The first-order chi connectivity index (χ1) is 14.2. The molecule has 0 saturated carbocycles. The number of anilines is 1. The summed E-state index contributed by atoms with van der Waals surface area (Å²) in [6, 6.07) is 15.3. The molecule has 29 heavy (non-hydrogen) atoms. The van der Waals surface area contributed by atoms with Crippen LogP contribution in [0, 0.1) is 0 Å². The minimum Gasteiger partial charge on any atom is -0.497 e. The third kappa shape index (κ3) is 4.46. The molecule has 0 unspecified atom stereocenters. The van der Waals surface area contributed by atoms with E-state index in [9.17, 15) is 4.79 Å². The number of hydrogen-bond acceptors (Lipinski definition) is 6. The zero-order valence-electron chi connectivity index (χ0n) is 16.4. The van der Waals surface area contributed by atoms with Crippen molar-refractivity contribution in [3.8, 4) is 5.75 Å². The minimum absolute atomic E-state index is 0.0260. The number of rotatable bonds is 7. The van der Waals surface area contributed by atoms with Crippen molar-refractivity contribution >= 4 is 11.6 Å². The monoisotopic (exact) mass is 395 g/mol. The average Bonchev–Trinajstić information content (AvgIpc) is 3.49. The zero-order valence-corrected chi connectivity index (χ0v) is 16.4. The Labute approximate surface area is 169 Å². The van der Waals surface area contributed by atoms with Gasteiger partial charge in [0.15, 0.2) is 5.76 Å². The number of hydrogen-bond donors (Lipinski definition) is 1. The van der Waals surface area contributed by atoms with E-state index >= 15 is 0 Å². The molecule has 152 valence electrons. The molecule has 4 rings (SSSR count). The second-order valence-corrected chi connectivity index (χ2v) is 6.94. The lowest BCUT2D eigenvalue weighted by Crippen LogP contribution is -2.49. The highest BCUT2D eigenvalue weighted by molar-refractivity contribution is 5.91. The largest absolute Gasteiger partial charge is 0.497 e. The lowest BCUT2D eigenvalue weighted by molar-refractivity contribution is 0.0895. The summed E-state index contributed by atoms with van der Waals surface area (Å²) in [5.74, 6) is 1.80. The number of piperazine rings is 1. The first kappa shape index (κ1) is 19.1. The predicted molar refractivity (Wildman–Crippen MR) is 109 cm³/mol. The molecule has 1 amide bonds. The van der Waals surface area contributed by atoms with Crippen molar-refractivity contribution in [2.45, 2.75) is 6.04 Å². The molecule has 1 fully saturated rings. The Bertz CT molecular complexity index is 883. The van der Waals surface area contributed by atoms with Gasteiger partial charge in [-0.15, -0.1) is 0 Å². The van der Waals surface area contributed by atoms with E-state index in [-0.39, 0.29) is 11.9 Å². The number of carbonyl (C=O) groups excluding carboxylic acids is 1.